The fourth-order valence-electron chi connectivity index (χ4n) is 3.96. The van der Waals surface area contributed by atoms with Gasteiger partial charge in [-0.15, -0.1) is 10.2 Å². The molecule has 0 radical (unpaired) electrons. The Balaban J connectivity index is 1.22. The van der Waals surface area contributed by atoms with Gasteiger partial charge in [-0.1, -0.05) is 23.4 Å². The molecule has 30 heavy (non-hydrogen) atoms. The molecule has 4 aromatic rings. The zero-order valence-corrected chi connectivity index (χ0v) is 16.5. The summed E-state index contributed by atoms with van der Waals surface area (Å²) in [5.74, 6) is 2.41. The molecule has 0 N–H and O–H groups in total. The molecular weight excluding hydrogens is 378 g/mol. The lowest BCUT2D eigenvalue weighted by Crippen LogP contribution is -2.47. The maximum absolute atomic E-state index is 4.53. The minimum absolute atomic E-state index is 0.632. The number of fused-ring (bicyclic) bond motifs is 1. The van der Waals surface area contributed by atoms with Crippen LogP contribution in [0.3, 0.4) is 0 Å². The van der Waals surface area contributed by atoms with Gasteiger partial charge in [0.1, 0.15) is 6.33 Å². The van der Waals surface area contributed by atoms with E-state index in [0.717, 1.165) is 60.4 Å². The number of benzene rings is 1. The van der Waals surface area contributed by atoms with Crippen LogP contribution < -0.4 is 9.80 Å². The van der Waals surface area contributed by atoms with E-state index in [1.807, 2.05) is 30.3 Å². The average Bonchev–Trinajstić information content (AvgIpc) is 3.58. The Labute approximate surface area is 173 Å². The monoisotopic (exact) mass is 399 g/mol. The lowest BCUT2D eigenvalue weighted by atomic mass is 10.2. The van der Waals surface area contributed by atoms with Crippen LogP contribution in [0, 0.1) is 0 Å². The summed E-state index contributed by atoms with van der Waals surface area (Å²) >= 11 is 0. The molecule has 0 bridgehead atoms. The first-order chi connectivity index (χ1) is 14.9. The molecule has 0 unspecified atom stereocenters. The summed E-state index contributed by atoms with van der Waals surface area (Å²) in [6.45, 7) is 3.37. The van der Waals surface area contributed by atoms with Crippen molar-refractivity contribution < 1.29 is 0 Å². The van der Waals surface area contributed by atoms with E-state index in [4.69, 9.17) is 0 Å². The predicted octanol–water partition coefficient (Wildman–Crippen LogP) is 2.20. The molecule has 1 aliphatic carbocycles. The molecule has 0 spiro atoms. The zero-order chi connectivity index (χ0) is 19.9. The molecular formula is C21H21N9. The summed E-state index contributed by atoms with van der Waals surface area (Å²) < 4.78 is 1.76. The van der Waals surface area contributed by atoms with Crippen molar-refractivity contribution in [2.45, 2.75) is 18.8 Å². The number of rotatable bonds is 4. The van der Waals surface area contributed by atoms with Crippen molar-refractivity contribution in [3.8, 4) is 5.69 Å². The number of anilines is 2. The Kier molecular flexibility index (Phi) is 4.03. The molecule has 2 fully saturated rings. The first kappa shape index (κ1) is 17.3. The number of nitrogens with zero attached hydrogens (tertiary/aromatic N) is 9. The Hall–Kier alpha value is -3.62. The number of aromatic nitrogens is 7. The third-order valence-electron chi connectivity index (χ3n) is 5.79. The molecule has 1 aliphatic heterocycles. The summed E-state index contributed by atoms with van der Waals surface area (Å²) in [4.78, 5) is 13.5. The molecule has 1 aromatic carbocycles. The lowest BCUT2D eigenvalue weighted by molar-refractivity contribution is 0.637. The van der Waals surface area contributed by atoms with Gasteiger partial charge in [-0.25, -0.2) is 9.97 Å². The highest BCUT2D eigenvalue weighted by Crippen LogP contribution is 2.38. The van der Waals surface area contributed by atoms with Crippen LogP contribution in [0.2, 0.25) is 0 Å². The highest BCUT2D eigenvalue weighted by molar-refractivity contribution is 5.83. The summed E-state index contributed by atoms with van der Waals surface area (Å²) in [5, 5.41) is 17.6. The normalized spacial score (nSPS) is 16.9. The minimum Gasteiger partial charge on any atom is -0.352 e. The summed E-state index contributed by atoms with van der Waals surface area (Å²) in [5.41, 5.74) is 3.50. The van der Waals surface area contributed by atoms with Gasteiger partial charge in [0.05, 0.1) is 11.4 Å². The average molecular weight is 399 g/mol. The van der Waals surface area contributed by atoms with Crippen molar-refractivity contribution in [3.63, 3.8) is 0 Å². The number of hydrogen-bond donors (Lipinski definition) is 0. The Bertz CT molecular complexity index is 1160. The fourth-order valence-corrected chi connectivity index (χ4v) is 3.96. The fraction of sp³-hybridized carbons (Fsp3) is 0.333. The number of para-hydroxylation sites is 1. The van der Waals surface area contributed by atoms with E-state index in [1.165, 1.54) is 12.8 Å². The van der Waals surface area contributed by atoms with E-state index in [0.29, 0.717) is 5.92 Å². The van der Waals surface area contributed by atoms with Crippen molar-refractivity contribution in [2.24, 2.45) is 0 Å². The van der Waals surface area contributed by atoms with Crippen LogP contribution in [0.5, 0.6) is 0 Å². The third-order valence-corrected chi connectivity index (χ3v) is 5.79. The van der Waals surface area contributed by atoms with Crippen LogP contribution in [0.1, 0.15) is 24.5 Å². The first-order valence-electron chi connectivity index (χ1n) is 10.3. The molecule has 150 valence electrons. The topological polar surface area (TPSA) is 88.8 Å². The Morgan fingerprint density at radius 1 is 0.767 bits per heavy atom. The third kappa shape index (κ3) is 3.02. The molecule has 9 nitrogen and oxygen atoms in total. The smallest absolute Gasteiger partial charge is 0.189 e. The zero-order valence-electron chi connectivity index (χ0n) is 16.5. The maximum Gasteiger partial charge on any atom is 0.189 e. The van der Waals surface area contributed by atoms with Gasteiger partial charge in [0.25, 0.3) is 0 Å². The molecule has 6 rings (SSSR count). The predicted molar refractivity (Wildman–Crippen MR) is 113 cm³/mol. The molecule has 1 saturated carbocycles. The van der Waals surface area contributed by atoms with Crippen molar-refractivity contribution in [1.82, 2.24) is 35.2 Å². The lowest BCUT2D eigenvalue weighted by Gasteiger charge is -2.35. The van der Waals surface area contributed by atoms with Crippen molar-refractivity contribution in [2.75, 3.05) is 36.0 Å². The summed E-state index contributed by atoms with van der Waals surface area (Å²) in [6.07, 6.45) is 4.08. The molecule has 1 saturated heterocycles. The maximum atomic E-state index is 4.53. The van der Waals surface area contributed by atoms with Crippen LogP contribution in [0.25, 0.3) is 16.9 Å². The summed E-state index contributed by atoms with van der Waals surface area (Å²) in [6, 6.07) is 14.1. The van der Waals surface area contributed by atoms with E-state index in [2.05, 4.69) is 52.4 Å². The number of hydrogen-bond acceptors (Lipinski definition) is 8. The Morgan fingerprint density at radius 2 is 1.57 bits per heavy atom. The van der Waals surface area contributed by atoms with Gasteiger partial charge in [0.2, 0.25) is 0 Å². The molecule has 0 atom stereocenters. The molecule has 4 heterocycles. The molecule has 0 amide bonds. The van der Waals surface area contributed by atoms with Crippen molar-refractivity contribution in [1.29, 1.82) is 0 Å². The van der Waals surface area contributed by atoms with Gasteiger partial charge < -0.3 is 9.80 Å². The second-order valence-corrected chi connectivity index (χ2v) is 7.77. The first-order valence-corrected chi connectivity index (χ1v) is 10.3. The molecule has 2 aliphatic rings. The van der Waals surface area contributed by atoms with Gasteiger partial charge >= 0.3 is 0 Å². The van der Waals surface area contributed by atoms with Gasteiger partial charge in [-0.3, -0.25) is 0 Å². The second kappa shape index (κ2) is 7.01. The van der Waals surface area contributed by atoms with Crippen LogP contribution >= 0.6 is 0 Å². The molecule has 3 aromatic heterocycles. The van der Waals surface area contributed by atoms with E-state index in [9.17, 15) is 0 Å². The quantitative estimate of drug-likeness (QED) is 0.516. The van der Waals surface area contributed by atoms with Gasteiger partial charge in [-0.2, -0.15) is 9.78 Å². The summed E-state index contributed by atoms with van der Waals surface area (Å²) in [7, 11) is 0. The van der Waals surface area contributed by atoms with E-state index >= 15 is 0 Å². The van der Waals surface area contributed by atoms with Crippen LogP contribution in [-0.4, -0.2) is 61.3 Å². The van der Waals surface area contributed by atoms with Gasteiger partial charge in [0.15, 0.2) is 22.8 Å². The van der Waals surface area contributed by atoms with E-state index in [1.54, 1.807) is 11.0 Å². The van der Waals surface area contributed by atoms with Gasteiger partial charge in [0, 0.05) is 32.1 Å². The van der Waals surface area contributed by atoms with Gasteiger partial charge in [-0.05, 0) is 37.1 Å². The standard InChI is InChI=1S/C21H21N9/c1-2-4-16(5-3-1)30-21-19(26-27-30)20(22-14-23-21)29-12-10-28(11-13-29)18-9-8-17(24-25-18)15-6-7-15/h1-5,8-9,14-15H,6-7,10-13H2. The highest BCUT2D eigenvalue weighted by Gasteiger charge is 2.26. The SMILES string of the molecule is c1ccc(-n2nnc3c(N4CCN(c5ccc(C6CC6)nn5)CC4)ncnc32)cc1. The van der Waals surface area contributed by atoms with Crippen LogP contribution in [-0.2, 0) is 0 Å². The van der Waals surface area contributed by atoms with E-state index < -0.39 is 0 Å². The molecule has 9 heteroatoms. The highest BCUT2D eigenvalue weighted by atomic mass is 15.5. The largest absolute Gasteiger partial charge is 0.352 e. The van der Waals surface area contributed by atoms with Crippen LogP contribution in [0.15, 0.2) is 48.8 Å². The minimum atomic E-state index is 0.632. The van der Waals surface area contributed by atoms with Crippen molar-refractivity contribution in [3.05, 3.63) is 54.5 Å². The van der Waals surface area contributed by atoms with Crippen molar-refractivity contribution >= 4 is 22.8 Å². The van der Waals surface area contributed by atoms with Crippen LogP contribution in [0.4, 0.5) is 11.6 Å². The van der Waals surface area contributed by atoms with E-state index in [-0.39, 0.29) is 0 Å². The second-order valence-electron chi connectivity index (χ2n) is 7.77. The number of piperazine rings is 1. The Morgan fingerprint density at radius 3 is 2.30 bits per heavy atom.